The van der Waals surface area contributed by atoms with Crippen LogP contribution in [0.1, 0.15) is 6.92 Å². The summed E-state index contributed by atoms with van der Waals surface area (Å²) in [6, 6.07) is 0. The van der Waals surface area contributed by atoms with E-state index in [4.69, 9.17) is 9.84 Å². The Bertz CT molecular complexity index is 175. The fourth-order valence-electron chi connectivity index (χ4n) is 1.37. The van der Waals surface area contributed by atoms with Crippen LogP contribution >= 0.6 is 11.8 Å². The highest BCUT2D eigenvalue weighted by molar-refractivity contribution is 7.99. The van der Waals surface area contributed by atoms with Crippen molar-refractivity contribution in [2.24, 2.45) is 0 Å². The first-order valence-corrected chi connectivity index (χ1v) is 5.58. The quantitative estimate of drug-likeness (QED) is 0.468. The topological polar surface area (TPSA) is 90.2 Å². The molecule has 84 valence electrons. The number of aliphatic hydroxyl groups is 4. The minimum absolute atomic E-state index is 0.369. The van der Waals surface area contributed by atoms with Crippen molar-refractivity contribution in [2.45, 2.75) is 36.8 Å². The lowest BCUT2D eigenvalue weighted by molar-refractivity contribution is -0.205. The van der Waals surface area contributed by atoms with E-state index in [1.54, 1.807) is 0 Å². The van der Waals surface area contributed by atoms with E-state index in [-0.39, 0.29) is 6.61 Å². The molecular formula is C8H16O5S. The van der Waals surface area contributed by atoms with Gasteiger partial charge in [0, 0.05) is 0 Å². The first kappa shape index (κ1) is 12.2. The van der Waals surface area contributed by atoms with Gasteiger partial charge in [-0.25, -0.2) is 0 Å². The maximum atomic E-state index is 9.51. The van der Waals surface area contributed by atoms with Crippen LogP contribution in [-0.2, 0) is 4.74 Å². The lowest BCUT2D eigenvalue weighted by atomic mass is 10.0. The van der Waals surface area contributed by atoms with E-state index < -0.39 is 29.9 Å². The van der Waals surface area contributed by atoms with E-state index in [1.165, 1.54) is 11.8 Å². The lowest BCUT2D eigenvalue weighted by Crippen LogP contribution is -2.57. The van der Waals surface area contributed by atoms with Crippen LogP contribution in [0.4, 0.5) is 0 Å². The van der Waals surface area contributed by atoms with E-state index in [1.807, 2.05) is 6.92 Å². The molecule has 5 nitrogen and oxygen atoms in total. The van der Waals surface area contributed by atoms with E-state index in [2.05, 4.69) is 0 Å². The predicted molar refractivity (Wildman–Crippen MR) is 51.9 cm³/mol. The summed E-state index contributed by atoms with van der Waals surface area (Å²) in [5, 5.41) is 37.2. The molecule has 1 saturated heterocycles. The predicted octanol–water partition coefficient (Wildman–Crippen LogP) is -1.46. The van der Waals surface area contributed by atoms with Gasteiger partial charge in [0.1, 0.15) is 29.9 Å². The zero-order chi connectivity index (χ0) is 10.7. The molecule has 14 heavy (non-hydrogen) atoms. The lowest BCUT2D eigenvalue weighted by Gasteiger charge is -2.39. The van der Waals surface area contributed by atoms with Crippen LogP contribution < -0.4 is 0 Å². The molecule has 1 heterocycles. The van der Waals surface area contributed by atoms with Crippen LogP contribution in [0, 0.1) is 0 Å². The molecule has 0 saturated carbocycles. The number of ether oxygens (including phenoxy) is 1. The van der Waals surface area contributed by atoms with Crippen molar-refractivity contribution in [3.8, 4) is 0 Å². The van der Waals surface area contributed by atoms with Gasteiger partial charge in [-0.2, -0.15) is 0 Å². The van der Waals surface area contributed by atoms with Gasteiger partial charge in [0.2, 0.25) is 0 Å². The monoisotopic (exact) mass is 224 g/mol. The van der Waals surface area contributed by atoms with Gasteiger partial charge in [-0.05, 0) is 5.75 Å². The highest BCUT2D eigenvalue weighted by atomic mass is 32.2. The average molecular weight is 224 g/mol. The summed E-state index contributed by atoms with van der Waals surface area (Å²) < 4.78 is 5.22. The number of rotatable bonds is 3. The molecule has 1 aliphatic heterocycles. The minimum Gasteiger partial charge on any atom is -0.394 e. The Balaban J connectivity index is 2.63. The molecule has 4 N–H and O–H groups in total. The summed E-state index contributed by atoms with van der Waals surface area (Å²) in [4.78, 5) is 0. The minimum atomic E-state index is -1.26. The molecule has 0 spiro atoms. The second-order valence-corrected chi connectivity index (χ2v) is 4.53. The van der Waals surface area contributed by atoms with Crippen molar-refractivity contribution in [1.29, 1.82) is 0 Å². The van der Waals surface area contributed by atoms with Gasteiger partial charge in [0.05, 0.1) is 6.61 Å². The van der Waals surface area contributed by atoms with Gasteiger partial charge in [-0.1, -0.05) is 6.92 Å². The van der Waals surface area contributed by atoms with E-state index >= 15 is 0 Å². The third-order valence-electron chi connectivity index (χ3n) is 2.18. The Morgan fingerprint density at radius 1 is 1.14 bits per heavy atom. The summed E-state index contributed by atoms with van der Waals surface area (Å²) in [6.45, 7) is 1.53. The fourth-order valence-corrected chi connectivity index (χ4v) is 2.28. The first-order valence-electron chi connectivity index (χ1n) is 4.54. The largest absolute Gasteiger partial charge is 0.394 e. The summed E-state index contributed by atoms with van der Waals surface area (Å²) in [6.07, 6.45) is -4.43. The second kappa shape index (κ2) is 5.29. The Hall–Kier alpha value is 0.150. The Morgan fingerprint density at radius 3 is 2.29 bits per heavy atom. The Kier molecular flexibility index (Phi) is 4.62. The standard InChI is InChI=1S/C8H16O5S/c1-2-14-8-7(12)6(11)5(10)4(3-9)13-8/h4-12H,2-3H2,1H3/t4-,5+,6-,7+,8-/m0/s1. The van der Waals surface area contributed by atoms with Crippen molar-refractivity contribution in [1.82, 2.24) is 0 Å². The van der Waals surface area contributed by atoms with Crippen molar-refractivity contribution < 1.29 is 25.2 Å². The van der Waals surface area contributed by atoms with Crippen molar-refractivity contribution in [3.05, 3.63) is 0 Å². The van der Waals surface area contributed by atoms with Crippen LogP contribution in [0.25, 0.3) is 0 Å². The number of hydrogen-bond donors (Lipinski definition) is 4. The maximum Gasteiger partial charge on any atom is 0.132 e. The van der Waals surface area contributed by atoms with Crippen LogP contribution in [0.5, 0.6) is 0 Å². The highest BCUT2D eigenvalue weighted by Gasteiger charge is 2.43. The molecule has 0 aromatic rings. The molecule has 0 amide bonds. The molecular weight excluding hydrogens is 208 g/mol. The van der Waals surface area contributed by atoms with Crippen molar-refractivity contribution in [2.75, 3.05) is 12.4 Å². The maximum absolute atomic E-state index is 9.51. The summed E-state index contributed by atoms with van der Waals surface area (Å²) in [5.74, 6) is 0.725. The van der Waals surface area contributed by atoms with Gasteiger partial charge < -0.3 is 25.2 Å². The van der Waals surface area contributed by atoms with Crippen LogP contribution in [0.15, 0.2) is 0 Å². The number of hydrogen-bond acceptors (Lipinski definition) is 6. The normalized spacial score (nSPS) is 43.9. The molecule has 1 fully saturated rings. The van der Waals surface area contributed by atoms with Crippen molar-refractivity contribution in [3.63, 3.8) is 0 Å². The third-order valence-corrected chi connectivity index (χ3v) is 3.23. The zero-order valence-corrected chi connectivity index (χ0v) is 8.72. The average Bonchev–Trinajstić information content (AvgIpc) is 2.19. The van der Waals surface area contributed by atoms with E-state index in [9.17, 15) is 15.3 Å². The fraction of sp³-hybridized carbons (Fsp3) is 1.00. The molecule has 1 aliphatic rings. The Morgan fingerprint density at radius 2 is 1.79 bits per heavy atom. The second-order valence-electron chi connectivity index (χ2n) is 3.15. The van der Waals surface area contributed by atoms with Crippen LogP contribution in [0.2, 0.25) is 0 Å². The SMILES string of the molecule is CCS[C@@H]1O[C@@H](CO)[C@@H](O)[C@H](O)[C@H]1O. The summed E-state index contributed by atoms with van der Waals surface area (Å²) in [7, 11) is 0. The van der Waals surface area contributed by atoms with Gasteiger partial charge in [-0.3, -0.25) is 0 Å². The molecule has 5 atom stereocenters. The molecule has 0 radical (unpaired) electrons. The highest BCUT2D eigenvalue weighted by Crippen LogP contribution is 2.27. The first-order chi connectivity index (χ1) is 6.61. The van der Waals surface area contributed by atoms with Gasteiger partial charge in [-0.15, -0.1) is 11.8 Å². The van der Waals surface area contributed by atoms with Gasteiger partial charge in [0.25, 0.3) is 0 Å². The third kappa shape index (κ3) is 2.39. The zero-order valence-electron chi connectivity index (χ0n) is 7.91. The smallest absolute Gasteiger partial charge is 0.132 e. The van der Waals surface area contributed by atoms with E-state index in [0.717, 1.165) is 5.75 Å². The molecule has 0 aromatic heterocycles. The van der Waals surface area contributed by atoms with E-state index in [0.29, 0.717) is 0 Å². The van der Waals surface area contributed by atoms with Crippen molar-refractivity contribution >= 4 is 11.8 Å². The Labute approximate surface area is 86.7 Å². The molecule has 0 bridgehead atoms. The molecule has 0 aromatic carbocycles. The van der Waals surface area contributed by atoms with Crippen LogP contribution in [0.3, 0.4) is 0 Å². The molecule has 0 aliphatic carbocycles. The summed E-state index contributed by atoms with van der Waals surface area (Å²) in [5.41, 5.74) is -0.587. The number of aliphatic hydroxyl groups excluding tert-OH is 4. The van der Waals surface area contributed by atoms with Gasteiger partial charge in [0.15, 0.2) is 0 Å². The molecule has 0 unspecified atom stereocenters. The molecule has 1 rings (SSSR count). The van der Waals surface area contributed by atoms with Gasteiger partial charge >= 0.3 is 0 Å². The molecule has 6 heteroatoms. The number of thioether (sulfide) groups is 1. The van der Waals surface area contributed by atoms with Crippen LogP contribution in [-0.4, -0.2) is 62.6 Å². The summed E-state index contributed by atoms with van der Waals surface area (Å²) >= 11 is 1.33.